The van der Waals surface area contributed by atoms with E-state index in [4.69, 9.17) is 4.74 Å². The third kappa shape index (κ3) is 2.96. The molecule has 112 valence electrons. The van der Waals surface area contributed by atoms with Crippen molar-refractivity contribution in [3.05, 3.63) is 45.8 Å². The Hall–Kier alpha value is -2.17. The molecule has 0 saturated heterocycles. The molecule has 5 nitrogen and oxygen atoms in total. The summed E-state index contributed by atoms with van der Waals surface area (Å²) < 4.78 is 6.54. The van der Waals surface area contributed by atoms with Gasteiger partial charge in [0.1, 0.15) is 0 Å². The molecule has 5 heteroatoms. The Morgan fingerprint density at radius 2 is 1.86 bits per heavy atom. The van der Waals surface area contributed by atoms with Crippen molar-refractivity contribution in [2.45, 2.75) is 40.7 Å². The second kappa shape index (κ2) is 6.08. The molecule has 0 fully saturated rings. The van der Waals surface area contributed by atoms with Crippen LogP contribution in [0, 0.1) is 20.8 Å². The highest BCUT2D eigenvalue weighted by Crippen LogP contribution is 2.19. The summed E-state index contributed by atoms with van der Waals surface area (Å²) in [5.41, 5.74) is 6.04. The molecule has 0 aliphatic heterocycles. The minimum Gasteiger partial charge on any atom is -0.464 e. The summed E-state index contributed by atoms with van der Waals surface area (Å²) >= 11 is 0. The van der Waals surface area contributed by atoms with Crippen molar-refractivity contribution in [2.75, 3.05) is 7.11 Å². The van der Waals surface area contributed by atoms with E-state index in [-0.39, 0.29) is 0 Å². The minimum atomic E-state index is -0.435. The van der Waals surface area contributed by atoms with Crippen molar-refractivity contribution in [1.82, 2.24) is 15.0 Å². The van der Waals surface area contributed by atoms with Gasteiger partial charge in [0.2, 0.25) is 0 Å². The monoisotopic (exact) mass is 287 g/mol. The average molecular weight is 287 g/mol. The van der Waals surface area contributed by atoms with Crippen molar-refractivity contribution in [3.63, 3.8) is 0 Å². The molecule has 2 aromatic rings. The molecule has 0 unspecified atom stereocenters. The summed E-state index contributed by atoms with van der Waals surface area (Å²) in [5, 5.41) is 8.09. The van der Waals surface area contributed by atoms with Gasteiger partial charge in [0.05, 0.1) is 19.3 Å². The van der Waals surface area contributed by atoms with Gasteiger partial charge in [-0.3, -0.25) is 0 Å². The van der Waals surface area contributed by atoms with Gasteiger partial charge < -0.3 is 4.74 Å². The maximum atomic E-state index is 11.7. The predicted octanol–water partition coefficient (Wildman–Crippen LogP) is 2.60. The Kier molecular flexibility index (Phi) is 4.40. The maximum absolute atomic E-state index is 11.7. The Morgan fingerprint density at radius 1 is 1.24 bits per heavy atom. The Morgan fingerprint density at radius 3 is 2.38 bits per heavy atom. The second-order valence-corrected chi connectivity index (χ2v) is 5.26. The fourth-order valence-electron chi connectivity index (χ4n) is 2.67. The molecular weight excluding hydrogens is 266 g/mol. The number of aryl methyl sites for hydroxylation is 3. The number of hydrogen-bond donors (Lipinski definition) is 0. The first-order chi connectivity index (χ1) is 9.97. The summed E-state index contributed by atoms with van der Waals surface area (Å²) in [7, 11) is 1.36. The van der Waals surface area contributed by atoms with E-state index in [1.807, 2.05) is 6.92 Å². The molecule has 0 atom stereocenters. The van der Waals surface area contributed by atoms with E-state index in [9.17, 15) is 4.79 Å². The number of carbonyl (C=O) groups is 1. The number of nitrogens with zero attached hydrogens (tertiary/aromatic N) is 3. The van der Waals surface area contributed by atoms with Crippen LogP contribution in [0.1, 0.15) is 45.4 Å². The molecule has 21 heavy (non-hydrogen) atoms. The van der Waals surface area contributed by atoms with Gasteiger partial charge in [-0.25, -0.2) is 9.48 Å². The number of ether oxygens (including phenoxy) is 1. The van der Waals surface area contributed by atoms with Crippen molar-refractivity contribution in [3.8, 4) is 0 Å². The van der Waals surface area contributed by atoms with Crippen LogP contribution < -0.4 is 0 Å². The van der Waals surface area contributed by atoms with E-state index in [1.165, 1.54) is 29.4 Å². The Bertz CT molecular complexity index is 651. The SMILES string of the molecule is CCc1c(C(=O)OC)nnn1Cc1c(C)cc(C)cc1C. The molecule has 2 rings (SSSR count). The van der Waals surface area contributed by atoms with Crippen LogP contribution in [0.4, 0.5) is 0 Å². The minimum absolute atomic E-state index is 0.308. The average Bonchev–Trinajstić information content (AvgIpc) is 2.84. The Labute approximate surface area is 124 Å². The van der Waals surface area contributed by atoms with Crippen LogP contribution in [0.2, 0.25) is 0 Å². The topological polar surface area (TPSA) is 57.0 Å². The van der Waals surface area contributed by atoms with E-state index in [2.05, 4.69) is 43.2 Å². The fraction of sp³-hybridized carbons (Fsp3) is 0.438. The Balaban J connectivity index is 2.41. The van der Waals surface area contributed by atoms with Crippen LogP contribution >= 0.6 is 0 Å². The smallest absolute Gasteiger partial charge is 0.360 e. The largest absolute Gasteiger partial charge is 0.464 e. The zero-order valence-corrected chi connectivity index (χ0v) is 13.2. The van der Waals surface area contributed by atoms with Crippen molar-refractivity contribution >= 4 is 5.97 Å². The van der Waals surface area contributed by atoms with Gasteiger partial charge >= 0.3 is 5.97 Å². The summed E-state index contributed by atoms with van der Waals surface area (Å²) in [6, 6.07) is 4.32. The molecule has 0 aliphatic rings. The number of esters is 1. The molecule has 0 radical (unpaired) electrons. The lowest BCUT2D eigenvalue weighted by Gasteiger charge is -2.12. The van der Waals surface area contributed by atoms with Crippen LogP contribution in [0.5, 0.6) is 0 Å². The van der Waals surface area contributed by atoms with Crippen molar-refractivity contribution in [2.24, 2.45) is 0 Å². The third-order valence-corrected chi connectivity index (χ3v) is 3.70. The molecule has 0 saturated carbocycles. The maximum Gasteiger partial charge on any atom is 0.360 e. The second-order valence-electron chi connectivity index (χ2n) is 5.26. The van der Waals surface area contributed by atoms with E-state index in [0.29, 0.717) is 18.7 Å². The first kappa shape index (κ1) is 15.2. The lowest BCUT2D eigenvalue weighted by Crippen LogP contribution is -2.11. The first-order valence-corrected chi connectivity index (χ1v) is 7.05. The van der Waals surface area contributed by atoms with Gasteiger partial charge in [0.15, 0.2) is 5.69 Å². The van der Waals surface area contributed by atoms with Crippen LogP contribution in [0.25, 0.3) is 0 Å². The lowest BCUT2D eigenvalue weighted by molar-refractivity contribution is 0.0592. The molecular formula is C16H21N3O2. The van der Waals surface area contributed by atoms with E-state index in [1.54, 1.807) is 4.68 Å². The molecule has 0 N–H and O–H groups in total. The first-order valence-electron chi connectivity index (χ1n) is 7.05. The molecule has 1 aromatic carbocycles. The quantitative estimate of drug-likeness (QED) is 0.811. The number of hydrogen-bond acceptors (Lipinski definition) is 4. The number of aromatic nitrogens is 3. The number of carbonyl (C=O) groups excluding carboxylic acids is 1. The lowest BCUT2D eigenvalue weighted by atomic mass is 10.00. The molecule has 1 heterocycles. The zero-order valence-electron chi connectivity index (χ0n) is 13.2. The number of benzene rings is 1. The number of rotatable bonds is 4. The highest BCUT2D eigenvalue weighted by Gasteiger charge is 2.19. The normalized spacial score (nSPS) is 10.7. The molecule has 1 aromatic heterocycles. The number of methoxy groups -OCH3 is 1. The van der Waals surface area contributed by atoms with Gasteiger partial charge in [0.25, 0.3) is 0 Å². The molecule has 0 spiro atoms. The van der Waals surface area contributed by atoms with Crippen LogP contribution in [-0.4, -0.2) is 28.1 Å². The highest BCUT2D eigenvalue weighted by atomic mass is 16.5. The van der Waals surface area contributed by atoms with E-state index in [0.717, 1.165) is 5.69 Å². The van der Waals surface area contributed by atoms with Crippen LogP contribution in [0.15, 0.2) is 12.1 Å². The van der Waals surface area contributed by atoms with Crippen LogP contribution in [-0.2, 0) is 17.7 Å². The highest BCUT2D eigenvalue weighted by molar-refractivity contribution is 5.88. The van der Waals surface area contributed by atoms with Gasteiger partial charge in [-0.15, -0.1) is 5.10 Å². The van der Waals surface area contributed by atoms with Gasteiger partial charge in [0, 0.05) is 0 Å². The van der Waals surface area contributed by atoms with Gasteiger partial charge in [-0.05, 0) is 43.9 Å². The summed E-state index contributed by atoms with van der Waals surface area (Å²) in [4.78, 5) is 11.7. The van der Waals surface area contributed by atoms with E-state index < -0.39 is 5.97 Å². The fourth-order valence-corrected chi connectivity index (χ4v) is 2.67. The summed E-state index contributed by atoms with van der Waals surface area (Å²) in [5.74, 6) is -0.435. The molecule has 0 aliphatic carbocycles. The van der Waals surface area contributed by atoms with Crippen molar-refractivity contribution < 1.29 is 9.53 Å². The standard InChI is InChI=1S/C16H21N3O2/c1-6-14-15(16(20)21-5)17-18-19(14)9-13-11(3)7-10(2)8-12(13)4/h7-8H,6,9H2,1-5H3. The summed E-state index contributed by atoms with van der Waals surface area (Å²) in [6.07, 6.45) is 0.682. The molecule has 0 amide bonds. The van der Waals surface area contributed by atoms with Crippen molar-refractivity contribution in [1.29, 1.82) is 0 Å². The zero-order chi connectivity index (χ0) is 15.6. The third-order valence-electron chi connectivity index (χ3n) is 3.70. The van der Waals surface area contributed by atoms with Gasteiger partial charge in [-0.2, -0.15) is 0 Å². The van der Waals surface area contributed by atoms with Crippen LogP contribution in [0.3, 0.4) is 0 Å². The summed E-state index contributed by atoms with van der Waals surface area (Å²) in [6.45, 7) is 8.88. The van der Waals surface area contributed by atoms with E-state index >= 15 is 0 Å². The molecule has 0 bridgehead atoms. The predicted molar refractivity (Wildman–Crippen MR) is 80.5 cm³/mol. The van der Waals surface area contributed by atoms with Gasteiger partial charge in [-0.1, -0.05) is 29.8 Å².